The minimum atomic E-state index is -1.77. The Morgan fingerprint density at radius 1 is 0.757 bits per heavy atom. The van der Waals surface area contributed by atoms with Gasteiger partial charge in [-0.15, -0.1) is 0 Å². The molecule has 3 rings (SSSR count). The number of nitrogens with one attached hydrogen (secondary N) is 1. The molecule has 0 radical (unpaired) electrons. The van der Waals surface area contributed by atoms with Gasteiger partial charge in [-0.25, -0.2) is 0 Å². The summed E-state index contributed by atoms with van der Waals surface area (Å²) in [5.74, 6) is -0.614. The molecule has 9 N–H and O–H groups in total. The van der Waals surface area contributed by atoms with E-state index in [-0.39, 0.29) is 0 Å². The Bertz CT molecular complexity index is 747. The van der Waals surface area contributed by atoms with Gasteiger partial charge in [0.15, 0.2) is 18.9 Å². The van der Waals surface area contributed by atoms with E-state index in [1.165, 1.54) is 14.0 Å². The molecule has 37 heavy (non-hydrogen) atoms. The number of methoxy groups -OCH3 is 1. The zero-order valence-electron chi connectivity index (χ0n) is 20.5. The number of rotatable bonds is 8. The van der Waals surface area contributed by atoms with Crippen molar-refractivity contribution in [3.63, 3.8) is 0 Å². The smallest absolute Gasteiger partial charge is 0.217 e. The number of ether oxygens (including phenoxy) is 6. The number of aliphatic hydroxyl groups is 8. The summed E-state index contributed by atoms with van der Waals surface area (Å²) >= 11 is 0. The molecule has 3 aliphatic rings. The van der Waals surface area contributed by atoms with Gasteiger partial charge in [0.1, 0.15) is 67.1 Å². The molecule has 3 fully saturated rings. The maximum Gasteiger partial charge on any atom is 0.217 e. The minimum absolute atomic E-state index is 0.614. The lowest BCUT2D eigenvalue weighted by Crippen LogP contribution is -2.68. The van der Waals surface area contributed by atoms with Crippen LogP contribution in [0.15, 0.2) is 0 Å². The lowest BCUT2D eigenvalue weighted by atomic mass is 9.95. The first-order chi connectivity index (χ1) is 17.4. The van der Waals surface area contributed by atoms with Gasteiger partial charge in [0.05, 0.1) is 19.3 Å². The molecule has 216 valence electrons. The Morgan fingerprint density at radius 2 is 1.30 bits per heavy atom. The van der Waals surface area contributed by atoms with Crippen molar-refractivity contribution in [3.05, 3.63) is 0 Å². The van der Waals surface area contributed by atoms with Crippen LogP contribution in [0.4, 0.5) is 0 Å². The van der Waals surface area contributed by atoms with Gasteiger partial charge < -0.3 is 74.6 Å². The van der Waals surface area contributed by atoms with Crippen LogP contribution in [-0.2, 0) is 33.2 Å². The van der Waals surface area contributed by atoms with E-state index in [4.69, 9.17) is 28.4 Å². The second-order valence-corrected chi connectivity index (χ2v) is 9.26. The SMILES string of the molecule is CO[C@@H]1[C@H](O[C@H]2[C@H](O[C@H]3[C@@H](O)[C@@H](CO)OC(O)[C@@H]3NC(C)=O)O[C@H](CO)[C@H](O)[C@@H]2O)O[C@@H](C)[C@@H](O)[C@H]1O. The van der Waals surface area contributed by atoms with Crippen molar-refractivity contribution in [2.45, 2.75) is 106 Å². The summed E-state index contributed by atoms with van der Waals surface area (Å²) in [4.78, 5) is 11.7. The molecule has 0 saturated carbocycles. The van der Waals surface area contributed by atoms with Gasteiger partial charge in [-0.3, -0.25) is 4.79 Å². The second-order valence-electron chi connectivity index (χ2n) is 9.26. The zero-order valence-corrected chi connectivity index (χ0v) is 20.5. The molecule has 0 aliphatic carbocycles. The predicted molar refractivity (Wildman–Crippen MR) is 116 cm³/mol. The maximum absolute atomic E-state index is 11.7. The van der Waals surface area contributed by atoms with Crippen LogP contribution in [0.1, 0.15) is 13.8 Å². The fraction of sp³-hybridized carbons (Fsp3) is 0.952. The van der Waals surface area contributed by atoms with E-state index in [0.29, 0.717) is 0 Å². The second kappa shape index (κ2) is 12.8. The first-order valence-electron chi connectivity index (χ1n) is 11.8. The Morgan fingerprint density at radius 3 is 1.86 bits per heavy atom. The highest BCUT2D eigenvalue weighted by molar-refractivity contribution is 5.73. The highest BCUT2D eigenvalue weighted by Crippen LogP contribution is 2.33. The lowest BCUT2D eigenvalue weighted by Gasteiger charge is -2.49. The fourth-order valence-electron chi connectivity index (χ4n) is 4.62. The van der Waals surface area contributed by atoms with Gasteiger partial charge in [-0.1, -0.05) is 0 Å². The molecule has 0 aromatic carbocycles. The van der Waals surface area contributed by atoms with Gasteiger partial charge in [-0.2, -0.15) is 0 Å². The normalized spacial score (nSPS) is 49.0. The number of hydrogen-bond donors (Lipinski definition) is 9. The zero-order chi connectivity index (χ0) is 27.6. The summed E-state index contributed by atoms with van der Waals surface area (Å²) in [6, 6.07) is -1.37. The van der Waals surface area contributed by atoms with Crippen LogP contribution >= 0.6 is 0 Å². The fourth-order valence-corrected chi connectivity index (χ4v) is 4.62. The van der Waals surface area contributed by atoms with Crippen molar-refractivity contribution in [3.8, 4) is 0 Å². The van der Waals surface area contributed by atoms with Crippen LogP contribution in [0.5, 0.6) is 0 Å². The first kappa shape index (κ1) is 30.5. The van der Waals surface area contributed by atoms with Crippen molar-refractivity contribution in [1.82, 2.24) is 5.32 Å². The van der Waals surface area contributed by atoms with Crippen molar-refractivity contribution in [2.75, 3.05) is 20.3 Å². The molecule has 3 saturated heterocycles. The monoisotopic (exact) mass is 543 g/mol. The molecule has 0 aromatic heterocycles. The van der Waals surface area contributed by atoms with Gasteiger partial charge >= 0.3 is 0 Å². The molecular weight excluding hydrogens is 506 g/mol. The number of hydrogen-bond acceptors (Lipinski definition) is 15. The number of carbonyl (C=O) groups excluding carboxylic acids is 1. The van der Waals surface area contributed by atoms with E-state index in [0.717, 1.165) is 6.92 Å². The summed E-state index contributed by atoms with van der Waals surface area (Å²) in [5, 5.41) is 84.5. The molecule has 1 amide bonds. The number of amides is 1. The van der Waals surface area contributed by atoms with Crippen LogP contribution in [0, 0.1) is 0 Å². The Labute approximate surface area is 212 Å². The first-order valence-corrected chi connectivity index (χ1v) is 11.8. The topological polar surface area (TPSA) is 246 Å². The number of carbonyl (C=O) groups is 1. The summed E-state index contributed by atoms with van der Waals surface area (Å²) in [7, 11) is 1.22. The van der Waals surface area contributed by atoms with Crippen LogP contribution in [0.25, 0.3) is 0 Å². The standard InChI is InChI=1S/C21H37NO15/c1-6-11(26)14(29)17(32-3)20(33-6)37-18-15(30)12(27)8(4-23)35-21(18)36-16-10(22-7(2)25)19(31)34-9(5-24)13(16)28/h6,8-21,23-24,26-31H,4-5H2,1-3H3,(H,22,25)/t6-,8+,9+,10+,11+,12-,13-,14+,15-,16+,17-,18+,19?,20-,21-/m0/s1. The summed E-state index contributed by atoms with van der Waals surface area (Å²) in [6.07, 6.45) is -20.6. The average Bonchev–Trinajstić information content (AvgIpc) is 2.85. The molecule has 16 heteroatoms. The molecule has 1 unspecified atom stereocenters. The Hall–Kier alpha value is -1.09. The van der Waals surface area contributed by atoms with Gasteiger partial charge in [-0.05, 0) is 6.92 Å². The Balaban J connectivity index is 1.91. The molecule has 0 bridgehead atoms. The maximum atomic E-state index is 11.7. The number of aliphatic hydroxyl groups excluding tert-OH is 8. The van der Waals surface area contributed by atoms with Crippen LogP contribution in [0.3, 0.4) is 0 Å². The molecule has 3 heterocycles. The van der Waals surface area contributed by atoms with E-state index in [2.05, 4.69) is 5.32 Å². The Kier molecular flexibility index (Phi) is 10.6. The highest BCUT2D eigenvalue weighted by Gasteiger charge is 2.54. The van der Waals surface area contributed by atoms with Gasteiger partial charge in [0, 0.05) is 14.0 Å². The van der Waals surface area contributed by atoms with Crippen LogP contribution in [-0.4, -0.2) is 159 Å². The molecule has 0 aromatic rings. The highest BCUT2D eigenvalue weighted by atomic mass is 16.8. The third-order valence-corrected chi connectivity index (χ3v) is 6.71. The van der Waals surface area contributed by atoms with E-state index in [1.807, 2.05) is 0 Å². The van der Waals surface area contributed by atoms with Gasteiger partial charge in [0.25, 0.3) is 0 Å². The third-order valence-electron chi connectivity index (χ3n) is 6.71. The molecular formula is C21H37NO15. The predicted octanol–water partition coefficient (Wildman–Crippen LogP) is -5.75. The summed E-state index contributed by atoms with van der Waals surface area (Å²) < 4.78 is 33.2. The summed E-state index contributed by atoms with van der Waals surface area (Å²) in [5.41, 5.74) is 0. The average molecular weight is 544 g/mol. The van der Waals surface area contributed by atoms with Crippen molar-refractivity contribution >= 4 is 5.91 Å². The van der Waals surface area contributed by atoms with Crippen LogP contribution < -0.4 is 5.32 Å². The summed E-state index contributed by atoms with van der Waals surface area (Å²) in [6.45, 7) is 1.13. The molecule has 15 atom stereocenters. The van der Waals surface area contributed by atoms with E-state index >= 15 is 0 Å². The largest absolute Gasteiger partial charge is 0.394 e. The van der Waals surface area contributed by atoms with E-state index in [9.17, 15) is 45.6 Å². The lowest BCUT2D eigenvalue weighted by molar-refractivity contribution is -0.381. The molecule has 16 nitrogen and oxygen atoms in total. The minimum Gasteiger partial charge on any atom is -0.394 e. The van der Waals surface area contributed by atoms with Crippen molar-refractivity contribution in [1.29, 1.82) is 0 Å². The van der Waals surface area contributed by atoms with E-state index in [1.54, 1.807) is 0 Å². The van der Waals surface area contributed by atoms with E-state index < -0.39 is 111 Å². The van der Waals surface area contributed by atoms with Crippen molar-refractivity contribution < 1.29 is 74.1 Å². The van der Waals surface area contributed by atoms with Crippen LogP contribution in [0.2, 0.25) is 0 Å². The molecule has 0 spiro atoms. The molecule has 3 aliphatic heterocycles. The van der Waals surface area contributed by atoms with Gasteiger partial charge in [0.2, 0.25) is 5.91 Å². The van der Waals surface area contributed by atoms with Crippen molar-refractivity contribution in [2.24, 2.45) is 0 Å². The third kappa shape index (κ3) is 6.39. The quantitative estimate of drug-likeness (QED) is 0.138.